The molecule has 1 aromatic rings. The molecular weight excluding hydrogens is 311 g/mol. The largest absolute Gasteiger partial charge is 0.494 e. The second-order valence-electron chi connectivity index (χ2n) is 5.42. The zero-order valence-electron chi connectivity index (χ0n) is 12.5. The van der Waals surface area contributed by atoms with Gasteiger partial charge in [0.15, 0.2) is 5.75 Å². The average molecular weight is 331 g/mol. The SMILES string of the molecule is COc1c(Cl)ccc(Cl)c1C(=O)N1CCC(N(C)C)CC1. The molecule has 0 radical (unpaired) electrons. The summed E-state index contributed by atoms with van der Waals surface area (Å²) < 4.78 is 5.26. The molecule has 0 saturated carbocycles. The molecule has 0 aliphatic carbocycles. The Morgan fingerprint density at radius 2 is 1.81 bits per heavy atom. The maximum atomic E-state index is 12.7. The molecule has 0 N–H and O–H groups in total. The Labute approximate surface area is 135 Å². The van der Waals surface area contributed by atoms with Crippen LogP contribution >= 0.6 is 23.2 Å². The van der Waals surface area contributed by atoms with E-state index in [9.17, 15) is 4.79 Å². The lowest BCUT2D eigenvalue weighted by Gasteiger charge is -2.35. The van der Waals surface area contributed by atoms with Crippen molar-refractivity contribution in [2.45, 2.75) is 18.9 Å². The van der Waals surface area contributed by atoms with E-state index in [4.69, 9.17) is 27.9 Å². The number of benzene rings is 1. The van der Waals surface area contributed by atoms with Crippen LogP contribution in [0.5, 0.6) is 5.75 Å². The monoisotopic (exact) mass is 330 g/mol. The fraction of sp³-hybridized carbons (Fsp3) is 0.533. The van der Waals surface area contributed by atoms with Crippen LogP contribution < -0.4 is 4.74 Å². The molecule has 116 valence electrons. The molecule has 0 aromatic heterocycles. The summed E-state index contributed by atoms with van der Waals surface area (Å²) in [6.45, 7) is 1.43. The van der Waals surface area contributed by atoms with E-state index in [1.165, 1.54) is 7.11 Å². The van der Waals surface area contributed by atoms with Gasteiger partial charge >= 0.3 is 0 Å². The average Bonchev–Trinajstić information content (AvgIpc) is 2.48. The van der Waals surface area contributed by atoms with E-state index in [0.29, 0.717) is 40.5 Å². The fourth-order valence-electron chi connectivity index (χ4n) is 2.68. The first kappa shape index (κ1) is 16.4. The molecule has 0 bridgehead atoms. The summed E-state index contributed by atoms with van der Waals surface area (Å²) in [5, 5.41) is 0.768. The topological polar surface area (TPSA) is 32.8 Å². The number of methoxy groups -OCH3 is 1. The lowest BCUT2D eigenvalue weighted by atomic mass is 10.0. The highest BCUT2D eigenvalue weighted by Crippen LogP contribution is 2.35. The highest BCUT2D eigenvalue weighted by atomic mass is 35.5. The van der Waals surface area contributed by atoms with Crippen LogP contribution in [0.4, 0.5) is 0 Å². The van der Waals surface area contributed by atoms with Gasteiger partial charge < -0.3 is 14.5 Å². The van der Waals surface area contributed by atoms with Gasteiger partial charge in [-0.2, -0.15) is 0 Å². The van der Waals surface area contributed by atoms with E-state index in [0.717, 1.165) is 12.8 Å². The van der Waals surface area contributed by atoms with Gasteiger partial charge in [0.1, 0.15) is 5.56 Å². The first-order chi connectivity index (χ1) is 9.95. The van der Waals surface area contributed by atoms with E-state index in [2.05, 4.69) is 19.0 Å². The first-order valence-electron chi connectivity index (χ1n) is 6.93. The van der Waals surface area contributed by atoms with Gasteiger partial charge in [0, 0.05) is 19.1 Å². The molecule has 0 unspecified atom stereocenters. The van der Waals surface area contributed by atoms with E-state index < -0.39 is 0 Å². The van der Waals surface area contributed by atoms with Crippen LogP contribution in [0.1, 0.15) is 23.2 Å². The second kappa shape index (κ2) is 6.86. The maximum Gasteiger partial charge on any atom is 0.259 e. The number of carbonyl (C=O) groups excluding carboxylic acids is 1. The van der Waals surface area contributed by atoms with E-state index in [-0.39, 0.29) is 5.91 Å². The molecule has 4 nitrogen and oxygen atoms in total. The van der Waals surface area contributed by atoms with E-state index in [1.807, 2.05) is 4.90 Å². The number of amides is 1. The Balaban J connectivity index is 2.20. The summed E-state index contributed by atoms with van der Waals surface area (Å²) in [6, 6.07) is 3.79. The summed E-state index contributed by atoms with van der Waals surface area (Å²) in [6.07, 6.45) is 1.92. The molecule has 0 spiro atoms. The third-order valence-corrected chi connectivity index (χ3v) is 4.57. The van der Waals surface area contributed by atoms with Crippen LogP contribution in [-0.2, 0) is 0 Å². The minimum atomic E-state index is -0.114. The highest BCUT2D eigenvalue weighted by molar-refractivity contribution is 6.37. The van der Waals surface area contributed by atoms with Gasteiger partial charge in [0.2, 0.25) is 0 Å². The van der Waals surface area contributed by atoms with Crippen LogP contribution in [0.15, 0.2) is 12.1 Å². The van der Waals surface area contributed by atoms with Crippen molar-refractivity contribution in [1.29, 1.82) is 0 Å². The molecule has 6 heteroatoms. The molecule has 0 atom stereocenters. The molecule has 1 fully saturated rings. The number of hydrogen-bond acceptors (Lipinski definition) is 3. The van der Waals surface area contributed by atoms with Crippen molar-refractivity contribution in [1.82, 2.24) is 9.80 Å². The molecule has 1 amide bonds. The second-order valence-corrected chi connectivity index (χ2v) is 6.24. The zero-order valence-corrected chi connectivity index (χ0v) is 14.0. The number of nitrogens with zero attached hydrogens (tertiary/aromatic N) is 2. The summed E-state index contributed by atoms with van der Waals surface area (Å²) in [4.78, 5) is 16.7. The molecule has 1 saturated heterocycles. The summed E-state index contributed by atoms with van der Waals surface area (Å²) in [5.74, 6) is 0.237. The predicted octanol–water partition coefficient (Wildman–Crippen LogP) is 3.17. The van der Waals surface area contributed by atoms with Crippen molar-refractivity contribution in [3.63, 3.8) is 0 Å². The Hall–Kier alpha value is -0.970. The molecule has 21 heavy (non-hydrogen) atoms. The molecular formula is C15H20Cl2N2O2. The van der Waals surface area contributed by atoms with E-state index in [1.54, 1.807) is 12.1 Å². The van der Waals surface area contributed by atoms with Crippen molar-refractivity contribution in [2.75, 3.05) is 34.3 Å². The Morgan fingerprint density at radius 1 is 1.24 bits per heavy atom. The summed E-state index contributed by atoms with van der Waals surface area (Å²) >= 11 is 12.3. The van der Waals surface area contributed by atoms with Crippen molar-refractivity contribution < 1.29 is 9.53 Å². The number of halogens is 2. The van der Waals surface area contributed by atoms with Gasteiger partial charge in [-0.25, -0.2) is 0 Å². The lowest BCUT2D eigenvalue weighted by Crippen LogP contribution is -2.44. The number of hydrogen-bond donors (Lipinski definition) is 0. The normalized spacial score (nSPS) is 16.4. The summed E-state index contributed by atoms with van der Waals surface area (Å²) in [7, 11) is 5.63. The minimum absolute atomic E-state index is 0.114. The van der Waals surface area contributed by atoms with Gasteiger partial charge in [-0.15, -0.1) is 0 Å². The molecule has 2 rings (SSSR count). The van der Waals surface area contributed by atoms with Gasteiger partial charge in [-0.1, -0.05) is 23.2 Å². The van der Waals surface area contributed by atoms with Gasteiger partial charge in [0.05, 0.1) is 17.2 Å². The van der Waals surface area contributed by atoms with E-state index >= 15 is 0 Å². The maximum absolute atomic E-state index is 12.7. The van der Waals surface area contributed by atoms with Gasteiger partial charge in [-0.05, 0) is 39.1 Å². The molecule has 1 aromatic carbocycles. The first-order valence-corrected chi connectivity index (χ1v) is 7.69. The highest BCUT2D eigenvalue weighted by Gasteiger charge is 2.28. The van der Waals surface area contributed by atoms with Crippen molar-refractivity contribution in [3.8, 4) is 5.75 Å². The summed E-state index contributed by atoms with van der Waals surface area (Å²) in [5.41, 5.74) is 0.356. The molecule has 1 heterocycles. The minimum Gasteiger partial charge on any atom is -0.494 e. The third kappa shape index (κ3) is 3.44. The number of rotatable bonds is 3. The van der Waals surface area contributed by atoms with Crippen LogP contribution in [0.25, 0.3) is 0 Å². The standard InChI is InChI=1S/C15H20Cl2N2O2/c1-18(2)10-6-8-19(9-7-10)15(20)13-11(16)4-5-12(17)14(13)21-3/h4-5,10H,6-9H2,1-3H3. The van der Waals surface area contributed by atoms with Crippen molar-refractivity contribution in [3.05, 3.63) is 27.7 Å². The number of ether oxygens (including phenoxy) is 1. The zero-order chi connectivity index (χ0) is 15.6. The number of carbonyl (C=O) groups is 1. The Bertz CT molecular complexity index is 527. The lowest BCUT2D eigenvalue weighted by molar-refractivity contribution is 0.0660. The number of likely N-dealkylation sites (tertiary alicyclic amines) is 1. The third-order valence-electron chi connectivity index (χ3n) is 3.96. The van der Waals surface area contributed by atoms with Crippen molar-refractivity contribution in [2.24, 2.45) is 0 Å². The van der Waals surface area contributed by atoms with Crippen LogP contribution in [-0.4, -0.2) is 56.0 Å². The van der Waals surface area contributed by atoms with Crippen LogP contribution in [0, 0.1) is 0 Å². The van der Waals surface area contributed by atoms with Crippen LogP contribution in [0.3, 0.4) is 0 Å². The molecule has 1 aliphatic heterocycles. The predicted molar refractivity (Wildman–Crippen MR) is 85.6 cm³/mol. The van der Waals surface area contributed by atoms with Gasteiger partial charge in [-0.3, -0.25) is 4.79 Å². The number of piperidine rings is 1. The Kier molecular flexibility index (Phi) is 5.36. The van der Waals surface area contributed by atoms with Gasteiger partial charge in [0.25, 0.3) is 5.91 Å². The fourth-order valence-corrected chi connectivity index (χ4v) is 3.14. The smallest absolute Gasteiger partial charge is 0.259 e. The Morgan fingerprint density at radius 3 is 2.33 bits per heavy atom. The van der Waals surface area contributed by atoms with Crippen molar-refractivity contribution >= 4 is 29.1 Å². The quantitative estimate of drug-likeness (QED) is 0.853. The molecule has 1 aliphatic rings. The van der Waals surface area contributed by atoms with Crippen LogP contribution in [0.2, 0.25) is 10.0 Å².